The topological polar surface area (TPSA) is 58.4 Å². The lowest BCUT2D eigenvalue weighted by atomic mass is 10.2. The summed E-state index contributed by atoms with van der Waals surface area (Å²) in [6.07, 6.45) is 0. The number of aryl methyl sites for hydroxylation is 2. The van der Waals surface area contributed by atoms with Gasteiger partial charge in [-0.05, 0) is 32.9 Å². The molecule has 6 heteroatoms. The predicted molar refractivity (Wildman–Crippen MR) is 82.7 cm³/mol. The second kappa shape index (κ2) is 5.61. The maximum absolute atomic E-state index is 12.7. The lowest BCUT2D eigenvalue weighted by Crippen LogP contribution is -2.52. The van der Waals surface area contributed by atoms with Crippen LogP contribution in [-0.2, 0) is 0 Å². The molecule has 0 radical (unpaired) electrons. The number of hydrogen-bond acceptors (Lipinski definition) is 5. The van der Waals surface area contributed by atoms with E-state index in [9.17, 15) is 4.79 Å². The summed E-state index contributed by atoms with van der Waals surface area (Å²) in [4.78, 5) is 19.9. The van der Waals surface area contributed by atoms with E-state index in [-0.39, 0.29) is 11.9 Å². The minimum atomic E-state index is 0.0773. The van der Waals surface area contributed by atoms with Crippen molar-refractivity contribution < 1.29 is 9.21 Å². The van der Waals surface area contributed by atoms with Crippen molar-refractivity contribution in [1.29, 1.82) is 0 Å². The van der Waals surface area contributed by atoms with Crippen LogP contribution in [0.5, 0.6) is 0 Å². The van der Waals surface area contributed by atoms with Crippen molar-refractivity contribution in [2.75, 3.05) is 19.6 Å². The summed E-state index contributed by atoms with van der Waals surface area (Å²) >= 11 is 1.41. The van der Waals surface area contributed by atoms with Gasteiger partial charge >= 0.3 is 0 Å². The molecular weight excluding hydrogens is 286 g/mol. The van der Waals surface area contributed by atoms with Crippen LogP contribution in [-0.4, -0.2) is 41.5 Å². The van der Waals surface area contributed by atoms with Crippen molar-refractivity contribution in [2.24, 2.45) is 0 Å². The highest BCUT2D eigenvalue weighted by Crippen LogP contribution is 2.30. The van der Waals surface area contributed by atoms with E-state index in [4.69, 9.17) is 4.42 Å². The molecule has 0 spiro atoms. The molecule has 0 saturated carbocycles. The Morgan fingerprint density at radius 2 is 2.29 bits per heavy atom. The fourth-order valence-corrected chi connectivity index (χ4v) is 3.51. The predicted octanol–water partition coefficient (Wildman–Crippen LogP) is 2.45. The third-order valence-electron chi connectivity index (χ3n) is 3.70. The summed E-state index contributed by atoms with van der Waals surface area (Å²) in [5.74, 6) is 1.66. The van der Waals surface area contributed by atoms with E-state index in [0.717, 1.165) is 41.9 Å². The molecule has 5 nitrogen and oxygen atoms in total. The van der Waals surface area contributed by atoms with Crippen LogP contribution >= 0.6 is 11.3 Å². The van der Waals surface area contributed by atoms with Gasteiger partial charge in [0.25, 0.3) is 5.91 Å². The Bertz CT molecular complexity index is 662. The van der Waals surface area contributed by atoms with Crippen molar-refractivity contribution in [3.63, 3.8) is 0 Å². The van der Waals surface area contributed by atoms with Crippen LogP contribution in [0.15, 0.2) is 16.5 Å². The number of amides is 1. The second-order valence-electron chi connectivity index (χ2n) is 5.40. The van der Waals surface area contributed by atoms with Crippen LogP contribution in [0.4, 0.5) is 0 Å². The normalized spacial score (nSPS) is 19.0. The minimum Gasteiger partial charge on any atom is -0.459 e. The number of carbonyl (C=O) groups excluding carboxylic acids is 1. The molecule has 1 saturated heterocycles. The first-order valence-corrected chi connectivity index (χ1v) is 7.94. The largest absolute Gasteiger partial charge is 0.459 e. The number of carbonyl (C=O) groups is 1. The number of piperazine rings is 1. The average molecular weight is 305 g/mol. The average Bonchev–Trinajstić information content (AvgIpc) is 3.05. The van der Waals surface area contributed by atoms with Gasteiger partial charge in [-0.2, -0.15) is 0 Å². The molecule has 1 amide bonds. The number of nitrogens with zero attached hydrogens (tertiary/aromatic N) is 2. The first-order valence-electron chi connectivity index (χ1n) is 7.12. The van der Waals surface area contributed by atoms with Gasteiger partial charge in [0.15, 0.2) is 10.8 Å². The molecule has 1 fully saturated rings. The quantitative estimate of drug-likeness (QED) is 0.926. The monoisotopic (exact) mass is 305 g/mol. The SMILES string of the molecule is Cc1ccc(-c2nc(C)c(C(=O)N3CCNCC3C)s2)o1. The minimum absolute atomic E-state index is 0.0773. The Morgan fingerprint density at radius 3 is 2.95 bits per heavy atom. The Hall–Kier alpha value is -1.66. The van der Waals surface area contributed by atoms with Crippen molar-refractivity contribution in [1.82, 2.24) is 15.2 Å². The smallest absolute Gasteiger partial charge is 0.266 e. The van der Waals surface area contributed by atoms with Crippen molar-refractivity contribution >= 4 is 17.2 Å². The first-order chi connectivity index (χ1) is 10.1. The lowest BCUT2D eigenvalue weighted by Gasteiger charge is -2.33. The van der Waals surface area contributed by atoms with Gasteiger partial charge in [0.1, 0.15) is 10.6 Å². The molecule has 0 aliphatic carbocycles. The third kappa shape index (κ3) is 2.73. The standard InChI is InChI=1S/C15H19N3O2S/c1-9-8-16-6-7-18(9)15(19)13-11(3)17-14(21-13)12-5-4-10(2)20-12/h4-5,9,16H,6-8H2,1-3H3. The molecule has 1 atom stereocenters. The molecule has 1 aliphatic heterocycles. The summed E-state index contributed by atoms with van der Waals surface area (Å²) in [7, 11) is 0. The zero-order valence-electron chi connectivity index (χ0n) is 12.5. The van der Waals surface area contributed by atoms with Crippen molar-refractivity contribution in [2.45, 2.75) is 26.8 Å². The Labute approximate surface area is 128 Å². The molecule has 2 aromatic rings. The Morgan fingerprint density at radius 1 is 1.48 bits per heavy atom. The van der Waals surface area contributed by atoms with Gasteiger partial charge in [0.2, 0.25) is 0 Å². The van der Waals surface area contributed by atoms with Gasteiger partial charge in [-0.25, -0.2) is 4.98 Å². The highest BCUT2D eigenvalue weighted by Gasteiger charge is 2.27. The number of aromatic nitrogens is 1. The van der Waals surface area contributed by atoms with E-state index in [1.807, 2.05) is 30.9 Å². The molecule has 21 heavy (non-hydrogen) atoms. The maximum atomic E-state index is 12.7. The van der Waals surface area contributed by atoms with Crippen LogP contribution in [0, 0.1) is 13.8 Å². The number of nitrogens with one attached hydrogen (secondary N) is 1. The summed E-state index contributed by atoms with van der Waals surface area (Å²) in [6.45, 7) is 8.28. The molecule has 0 bridgehead atoms. The molecule has 112 valence electrons. The summed E-state index contributed by atoms with van der Waals surface area (Å²) in [5, 5.41) is 4.07. The Kier molecular flexibility index (Phi) is 3.82. The van der Waals surface area contributed by atoms with Crippen LogP contribution in [0.3, 0.4) is 0 Å². The zero-order valence-corrected chi connectivity index (χ0v) is 13.3. The number of furan rings is 1. The van der Waals surface area contributed by atoms with Gasteiger partial charge < -0.3 is 14.6 Å². The highest BCUT2D eigenvalue weighted by atomic mass is 32.1. The van der Waals surface area contributed by atoms with Gasteiger partial charge in [0, 0.05) is 25.7 Å². The highest BCUT2D eigenvalue weighted by molar-refractivity contribution is 7.17. The van der Waals surface area contributed by atoms with E-state index in [1.54, 1.807) is 0 Å². The van der Waals surface area contributed by atoms with Crippen molar-refractivity contribution in [3.05, 3.63) is 28.5 Å². The molecular formula is C15H19N3O2S. The first kappa shape index (κ1) is 14.3. The van der Waals surface area contributed by atoms with Crippen LogP contribution < -0.4 is 5.32 Å². The lowest BCUT2D eigenvalue weighted by molar-refractivity contribution is 0.0660. The summed E-state index contributed by atoms with van der Waals surface area (Å²) in [5.41, 5.74) is 0.778. The molecule has 1 N–H and O–H groups in total. The van der Waals surface area contributed by atoms with Crippen LogP contribution in [0.2, 0.25) is 0 Å². The van der Waals surface area contributed by atoms with E-state index in [1.165, 1.54) is 11.3 Å². The number of thiazole rings is 1. The fourth-order valence-electron chi connectivity index (χ4n) is 2.52. The fraction of sp³-hybridized carbons (Fsp3) is 0.467. The van der Waals surface area contributed by atoms with Gasteiger partial charge in [-0.1, -0.05) is 0 Å². The van der Waals surface area contributed by atoms with E-state index < -0.39 is 0 Å². The maximum Gasteiger partial charge on any atom is 0.266 e. The molecule has 1 unspecified atom stereocenters. The van der Waals surface area contributed by atoms with E-state index in [0.29, 0.717) is 4.88 Å². The van der Waals surface area contributed by atoms with Gasteiger partial charge in [0.05, 0.1) is 5.69 Å². The zero-order chi connectivity index (χ0) is 15.0. The third-order valence-corrected chi connectivity index (χ3v) is 4.86. The number of rotatable bonds is 2. The summed E-state index contributed by atoms with van der Waals surface area (Å²) in [6, 6.07) is 4.02. The van der Waals surface area contributed by atoms with Crippen molar-refractivity contribution in [3.8, 4) is 10.8 Å². The van der Waals surface area contributed by atoms with E-state index >= 15 is 0 Å². The van der Waals surface area contributed by atoms with Gasteiger partial charge in [-0.3, -0.25) is 4.79 Å². The molecule has 3 rings (SSSR count). The molecule has 3 heterocycles. The van der Waals surface area contributed by atoms with E-state index in [2.05, 4.69) is 17.2 Å². The molecule has 0 aromatic carbocycles. The van der Waals surface area contributed by atoms with Crippen LogP contribution in [0.25, 0.3) is 10.8 Å². The Balaban J connectivity index is 1.88. The van der Waals surface area contributed by atoms with Crippen LogP contribution in [0.1, 0.15) is 28.0 Å². The molecule has 2 aromatic heterocycles. The molecule has 1 aliphatic rings. The van der Waals surface area contributed by atoms with Gasteiger partial charge in [-0.15, -0.1) is 11.3 Å². The number of hydrogen-bond donors (Lipinski definition) is 1. The second-order valence-corrected chi connectivity index (χ2v) is 6.39. The summed E-state index contributed by atoms with van der Waals surface area (Å²) < 4.78 is 5.60.